The van der Waals surface area contributed by atoms with E-state index in [1.54, 1.807) is 19.5 Å². The number of hydrogen-bond acceptors (Lipinski definition) is 3. The molecule has 1 atom stereocenters. The molecule has 1 rings (SSSR count). The van der Waals surface area contributed by atoms with Crippen LogP contribution in [0.15, 0.2) is 31.1 Å². The SMILES string of the molecule is C=CCCCC(N)c1ccncc1OC. The second-order valence-electron chi connectivity index (χ2n) is 3.44. The maximum Gasteiger partial charge on any atom is 0.141 e. The lowest BCUT2D eigenvalue weighted by molar-refractivity contribution is 0.401. The van der Waals surface area contributed by atoms with E-state index in [2.05, 4.69) is 11.6 Å². The molecule has 0 spiro atoms. The predicted octanol–water partition coefficient (Wildman–Crippen LogP) is 2.45. The van der Waals surface area contributed by atoms with Crippen molar-refractivity contribution >= 4 is 0 Å². The van der Waals surface area contributed by atoms with Crippen LogP contribution in [0, 0.1) is 0 Å². The van der Waals surface area contributed by atoms with Crippen LogP contribution in [0.25, 0.3) is 0 Å². The lowest BCUT2D eigenvalue weighted by atomic mass is 10.0. The Morgan fingerprint density at radius 3 is 3.13 bits per heavy atom. The van der Waals surface area contributed by atoms with Gasteiger partial charge in [-0.1, -0.05) is 6.08 Å². The summed E-state index contributed by atoms with van der Waals surface area (Å²) >= 11 is 0. The molecular formula is C12H18N2O. The highest BCUT2D eigenvalue weighted by Gasteiger charge is 2.10. The van der Waals surface area contributed by atoms with E-state index in [-0.39, 0.29) is 6.04 Å². The Hall–Kier alpha value is -1.35. The summed E-state index contributed by atoms with van der Waals surface area (Å²) in [6, 6.07) is 1.93. The van der Waals surface area contributed by atoms with Crippen LogP contribution < -0.4 is 10.5 Å². The fourth-order valence-corrected chi connectivity index (χ4v) is 1.51. The highest BCUT2D eigenvalue weighted by atomic mass is 16.5. The second kappa shape index (κ2) is 6.19. The molecule has 0 radical (unpaired) electrons. The normalized spacial score (nSPS) is 12.1. The third kappa shape index (κ3) is 3.36. The van der Waals surface area contributed by atoms with Crippen LogP contribution in [0.5, 0.6) is 5.75 Å². The second-order valence-corrected chi connectivity index (χ2v) is 3.44. The number of nitrogens with two attached hydrogens (primary N) is 1. The molecule has 0 fully saturated rings. The van der Waals surface area contributed by atoms with Crippen LogP contribution >= 0.6 is 0 Å². The lowest BCUT2D eigenvalue weighted by Gasteiger charge is -2.14. The van der Waals surface area contributed by atoms with Crippen molar-refractivity contribution in [2.75, 3.05) is 7.11 Å². The highest BCUT2D eigenvalue weighted by molar-refractivity contribution is 5.32. The Bertz CT molecular complexity index is 312. The lowest BCUT2D eigenvalue weighted by Crippen LogP contribution is -2.11. The third-order valence-electron chi connectivity index (χ3n) is 2.36. The van der Waals surface area contributed by atoms with Crippen LogP contribution in [0.4, 0.5) is 0 Å². The quantitative estimate of drug-likeness (QED) is 0.574. The van der Waals surface area contributed by atoms with E-state index in [0.717, 1.165) is 30.6 Å². The molecule has 1 unspecified atom stereocenters. The summed E-state index contributed by atoms with van der Waals surface area (Å²) in [6.07, 6.45) is 8.34. The zero-order valence-corrected chi connectivity index (χ0v) is 9.15. The number of methoxy groups -OCH3 is 1. The molecule has 3 nitrogen and oxygen atoms in total. The molecule has 1 aromatic heterocycles. The minimum Gasteiger partial charge on any atom is -0.495 e. The zero-order chi connectivity index (χ0) is 11.1. The number of aromatic nitrogens is 1. The number of allylic oxidation sites excluding steroid dienone is 1. The van der Waals surface area contributed by atoms with Crippen molar-refractivity contribution in [3.05, 3.63) is 36.7 Å². The Labute approximate surface area is 91.0 Å². The van der Waals surface area contributed by atoms with E-state index in [9.17, 15) is 0 Å². The van der Waals surface area contributed by atoms with Crippen molar-refractivity contribution in [1.82, 2.24) is 4.98 Å². The summed E-state index contributed by atoms with van der Waals surface area (Å²) < 4.78 is 5.21. The van der Waals surface area contributed by atoms with Gasteiger partial charge in [0.1, 0.15) is 5.75 Å². The fourth-order valence-electron chi connectivity index (χ4n) is 1.51. The number of hydrogen-bond donors (Lipinski definition) is 1. The molecule has 0 saturated heterocycles. The number of nitrogens with zero attached hydrogens (tertiary/aromatic N) is 1. The minimum atomic E-state index is 0.0166. The predicted molar refractivity (Wildman–Crippen MR) is 61.8 cm³/mol. The molecule has 2 N–H and O–H groups in total. The topological polar surface area (TPSA) is 48.1 Å². The smallest absolute Gasteiger partial charge is 0.141 e. The Morgan fingerprint density at radius 2 is 2.47 bits per heavy atom. The number of rotatable bonds is 6. The van der Waals surface area contributed by atoms with Crippen molar-refractivity contribution in [1.29, 1.82) is 0 Å². The van der Waals surface area contributed by atoms with Gasteiger partial charge < -0.3 is 10.5 Å². The van der Waals surface area contributed by atoms with Gasteiger partial charge in [0.25, 0.3) is 0 Å². The van der Waals surface area contributed by atoms with Gasteiger partial charge in [-0.2, -0.15) is 0 Å². The molecule has 1 aromatic rings. The third-order valence-corrected chi connectivity index (χ3v) is 2.36. The molecule has 3 heteroatoms. The first-order valence-electron chi connectivity index (χ1n) is 5.14. The van der Waals surface area contributed by atoms with Gasteiger partial charge >= 0.3 is 0 Å². The van der Waals surface area contributed by atoms with E-state index in [1.165, 1.54) is 0 Å². The van der Waals surface area contributed by atoms with E-state index in [1.807, 2.05) is 12.1 Å². The van der Waals surface area contributed by atoms with E-state index in [4.69, 9.17) is 10.5 Å². The van der Waals surface area contributed by atoms with Crippen molar-refractivity contribution in [2.45, 2.75) is 25.3 Å². The van der Waals surface area contributed by atoms with Crippen LogP contribution in [-0.2, 0) is 0 Å². The van der Waals surface area contributed by atoms with E-state index in [0.29, 0.717) is 0 Å². The van der Waals surface area contributed by atoms with Crippen LogP contribution in [0.2, 0.25) is 0 Å². The molecule has 0 saturated carbocycles. The molecule has 82 valence electrons. The fraction of sp³-hybridized carbons (Fsp3) is 0.417. The van der Waals surface area contributed by atoms with Gasteiger partial charge in [-0.05, 0) is 25.3 Å². The van der Waals surface area contributed by atoms with Crippen molar-refractivity contribution in [2.24, 2.45) is 5.73 Å². The van der Waals surface area contributed by atoms with Gasteiger partial charge in [0.15, 0.2) is 0 Å². The standard InChI is InChI=1S/C12H18N2O/c1-3-4-5-6-11(13)10-7-8-14-9-12(10)15-2/h3,7-9,11H,1,4-6,13H2,2H3. The Balaban J connectivity index is 2.63. The van der Waals surface area contributed by atoms with Crippen LogP contribution in [-0.4, -0.2) is 12.1 Å². The average Bonchev–Trinajstić information content (AvgIpc) is 2.29. The summed E-state index contributed by atoms with van der Waals surface area (Å²) in [5, 5.41) is 0. The minimum absolute atomic E-state index is 0.0166. The van der Waals surface area contributed by atoms with E-state index < -0.39 is 0 Å². The van der Waals surface area contributed by atoms with Gasteiger partial charge in [0, 0.05) is 17.8 Å². The summed E-state index contributed by atoms with van der Waals surface area (Å²) in [6.45, 7) is 3.69. The van der Waals surface area contributed by atoms with Crippen molar-refractivity contribution in [3.63, 3.8) is 0 Å². The number of unbranched alkanes of at least 4 members (excludes halogenated alkanes) is 1. The molecule has 0 aliphatic heterocycles. The maximum absolute atomic E-state index is 6.07. The molecule has 0 bridgehead atoms. The van der Waals surface area contributed by atoms with Crippen LogP contribution in [0.1, 0.15) is 30.9 Å². The first kappa shape index (κ1) is 11.7. The van der Waals surface area contributed by atoms with Crippen molar-refractivity contribution < 1.29 is 4.74 Å². The summed E-state index contributed by atoms with van der Waals surface area (Å²) in [5.74, 6) is 0.767. The van der Waals surface area contributed by atoms with Gasteiger partial charge in [0.05, 0.1) is 13.3 Å². The van der Waals surface area contributed by atoms with E-state index >= 15 is 0 Å². The maximum atomic E-state index is 6.07. The molecule has 0 aliphatic rings. The van der Waals surface area contributed by atoms with Gasteiger partial charge in [-0.25, -0.2) is 0 Å². The molecule has 1 heterocycles. The van der Waals surface area contributed by atoms with Crippen molar-refractivity contribution in [3.8, 4) is 5.75 Å². The summed E-state index contributed by atoms with van der Waals surface area (Å²) in [4.78, 5) is 4.00. The molecule has 0 aliphatic carbocycles. The number of ether oxygens (including phenoxy) is 1. The number of pyridine rings is 1. The van der Waals surface area contributed by atoms with Gasteiger partial charge in [0.2, 0.25) is 0 Å². The average molecular weight is 206 g/mol. The molecular weight excluding hydrogens is 188 g/mol. The molecule has 0 aromatic carbocycles. The largest absolute Gasteiger partial charge is 0.495 e. The first-order valence-corrected chi connectivity index (χ1v) is 5.14. The highest BCUT2D eigenvalue weighted by Crippen LogP contribution is 2.25. The Morgan fingerprint density at radius 1 is 1.67 bits per heavy atom. The summed E-state index contributed by atoms with van der Waals surface area (Å²) in [7, 11) is 1.64. The van der Waals surface area contributed by atoms with Crippen LogP contribution in [0.3, 0.4) is 0 Å². The Kier molecular flexibility index (Phi) is 4.84. The van der Waals surface area contributed by atoms with Gasteiger partial charge in [-0.3, -0.25) is 4.98 Å². The summed E-state index contributed by atoms with van der Waals surface area (Å²) in [5.41, 5.74) is 7.09. The molecule has 15 heavy (non-hydrogen) atoms. The van der Waals surface area contributed by atoms with Gasteiger partial charge in [-0.15, -0.1) is 6.58 Å². The monoisotopic (exact) mass is 206 g/mol. The zero-order valence-electron chi connectivity index (χ0n) is 9.15. The molecule has 0 amide bonds. The first-order chi connectivity index (χ1) is 7.29.